The Morgan fingerprint density at radius 1 is 0.788 bits per heavy atom. The van der Waals surface area contributed by atoms with Gasteiger partial charge in [-0.25, -0.2) is 0 Å². The molecule has 0 aliphatic rings. The molecule has 2 aromatic carbocycles. The van der Waals surface area contributed by atoms with Crippen molar-refractivity contribution in [3.8, 4) is 11.4 Å². The molecule has 33 heavy (non-hydrogen) atoms. The number of hydrogen-bond acceptors (Lipinski definition) is 3. The second kappa shape index (κ2) is 10.5. The molecular weight excluding hydrogens is 430 g/mol. The van der Waals surface area contributed by atoms with Crippen molar-refractivity contribution >= 4 is 22.6 Å². The molecule has 0 spiro atoms. The summed E-state index contributed by atoms with van der Waals surface area (Å²) in [5.74, 6) is 0.288. The molecule has 3 rings (SSSR count). The number of phenolic OH excluding ortho intramolecular Hbond substituents is 1. The molecule has 1 heterocycles. The fraction of sp³-hybridized carbons (Fsp3) is 0.571. The molecule has 0 bridgehead atoms. The van der Waals surface area contributed by atoms with E-state index in [1.165, 1.54) is 24.8 Å². The third kappa shape index (κ3) is 7.74. The van der Waals surface area contributed by atoms with Crippen LogP contribution < -0.4 is 0 Å². The van der Waals surface area contributed by atoms with Crippen LogP contribution in [0.15, 0.2) is 30.3 Å². The van der Waals surface area contributed by atoms with Gasteiger partial charge in [-0.2, -0.15) is 0 Å². The van der Waals surface area contributed by atoms with Crippen molar-refractivity contribution in [1.82, 2.24) is 15.0 Å². The van der Waals surface area contributed by atoms with Crippen LogP contribution in [0.3, 0.4) is 0 Å². The molecule has 1 N–H and O–H groups in total. The normalized spacial score (nSPS) is 12.6. The maximum atomic E-state index is 11.2. The predicted octanol–water partition coefficient (Wildman–Crippen LogP) is 8.30. The molecule has 1 aromatic heterocycles. The molecule has 4 nitrogen and oxygen atoms in total. The second-order valence-electron chi connectivity index (χ2n) is 11.8. The number of aromatic nitrogens is 3. The Morgan fingerprint density at radius 3 is 2.03 bits per heavy atom. The zero-order valence-electron chi connectivity index (χ0n) is 21.2. The van der Waals surface area contributed by atoms with Gasteiger partial charge in [0.2, 0.25) is 0 Å². The molecule has 3 aromatic rings. The lowest BCUT2D eigenvalue weighted by atomic mass is 9.88. The maximum absolute atomic E-state index is 11.2. The van der Waals surface area contributed by atoms with Crippen LogP contribution in [0.1, 0.15) is 91.2 Å². The van der Waals surface area contributed by atoms with Crippen molar-refractivity contribution in [2.45, 2.75) is 92.9 Å². The van der Waals surface area contributed by atoms with Gasteiger partial charge in [0.25, 0.3) is 0 Å². The molecule has 5 heteroatoms. The van der Waals surface area contributed by atoms with Crippen LogP contribution in [-0.2, 0) is 12.8 Å². The van der Waals surface area contributed by atoms with Crippen LogP contribution >= 0.6 is 11.6 Å². The molecule has 0 atom stereocenters. The minimum Gasteiger partial charge on any atom is -0.505 e. The number of phenols is 1. The summed E-state index contributed by atoms with van der Waals surface area (Å²) in [6.07, 6.45) is 8.78. The minimum atomic E-state index is 0.288. The fourth-order valence-electron chi connectivity index (χ4n) is 4.18. The zero-order valence-corrected chi connectivity index (χ0v) is 22.0. The lowest BCUT2D eigenvalue weighted by molar-refractivity contribution is 0.359. The summed E-state index contributed by atoms with van der Waals surface area (Å²) in [7, 11) is 0. The number of fused-ring (bicyclic) bond motifs is 1. The van der Waals surface area contributed by atoms with Crippen LogP contribution in [0.2, 0.25) is 5.02 Å². The van der Waals surface area contributed by atoms with Crippen molar-refractivity contribution in [2.24, 2.45) is 10.8 Å². The van der Waals surface area contributed by atoms with Crippen LogP contribution in [0.4, 0.5) is 0 Å². The molecule has 0 fully saturated rings. The Morgan fingerprint density at radius 2 is 1.39 bits per heavy atom. The fourth-order valence-corrected chi connectivity index (χ4v) is 4.35. The summed E-state index contributed by atoms with van der Waals surface area (Å²) in [4.78, 5) is 1.56. The van der Waals surface area contributed by atoms with E-state index >= 15 is 0 Å². The molecular formula is C28H40ClN3O. The van der Waals surface area contributed by atoms with Crippen molar-refractivity contribution in [3.63, 3.8) is 0 Å². The van der Waals surface area contributed by atoms with Gasteiger partial charge in [-0.1, -0.05) is 72.1 Å². The third-order valence-corrected chi connectivity index (χ3v) is 6.29. The van der Waals surface area contributed by atoms with E-state index in [4.69, 9.17) is 11.6 Å². The molecule has 0 aliphatic carbocycles. The lowest BCUT2D eigenvalue weighted by Crippen LogP contribution is -2.06. The van der Waals surface area contributed by atoms with E-state index in [2.05, 4.69) is 57.8 Å². The van der Waals surface area contributed by atoms with Gasteiger partial charge in [-0.15, -0.1) is 15.0 Å². The van der Waals surface area contributed by atoms with Gasteiger partial charge in [0.15, 0.2) is 0 Å². The third-order valence-electron chi connectivity index (χ3n) is 6.05. The predicted molar refractivity (Wildman–Crippen MR) is 140 cm³/mol. The van der Waals surface area contributed by atoms with Gasteiger partial charge < -0.3 is 5.11 Å². The topological polar surface area (TPSA) is 50.9 Å². The highest BCUT2D eigenvalue weighted by atomic mass is 35.5. The van der Waals surface area contributed by atoms with E-state index in [0.717, 1.165) is 48.7 Å². The van der Waals surface area contributed by atoms with E-state index in [9.17, 15) is 5.11 Å². The first kappa shape index (κ1) is 25.6. The molecule has 0 saturated heterocycles. The minimum absolute atomic E-state index is 0.288. The van der Waals surface area contributed by atoms with Crippen molar-refractivity contribution in [3.05, 3.63) is 46.5 Å². The number of rotatable bonds is 9. The van der Waals surface area contributed by atoms with Crippen LogP contribution in [0.25, 0.3) is 16.7 Å². The number of benzene rings is 2. The second-order valence-corrected chi connectivity index (χ2v) is 12.2. The first-order valence-corrected chi connectivity index (χ1v) is 12.7. The lowest BCUT2D eigenvalue weighted by Gasteiger charge is -2.18. The van der Waals surface area contributed by atoms with Crippen LogP contribution in [0, 0.1) is 10.8 Å². The molecule has 0 amide bonds. The Kier molecular flexibility index (Phi) is 8.10. The van der Waals surface area contributed by atoms with Gasteiger partial charge in [-0.05, 0) is 84.7 Å². The van der Waals surface area contributed by atoms with E-state index in [-0.39, 0.29) is 5.75 Å². The smallest absolute Gasteiger partial charge is 0.146 e. The molecule has 0 saturated carbocycles. The zero-order chi connectivity index (χ0) is 24.2. The van der Waals surface area contributed by atoms with E-state index < -0.39 is 0 Å². The highest BCUT2D eigenvalue weighted by Crippen LogP contribution is 2.32. The number of aromatic hydroxyl groups is 1. The van der Waals surface area contributed by atoms with Crippen LogP contribution in [-0.4, -0.2) is 20.1 Å². The van der Waals surface area contributed by atoms with Crippen molar-refractivity contribution in [1.29, 1.82) is 0 Å². The first-order chi connectivity index (χ1) is 15.4. The van der Waals surface area contributed by atoms with Gasteiger partial charge in [0.05, 0.1) is 0 Å². The largest absolute Gasteiger partial charge is 0.505 e. The molecule has 0 radical (unpaired) electrons. The molecule has 180 valence electrons. The van der Waals surface area contributed by atoms with E-state index in [1.54, 1.807) is 10.9 Å². The highest BCUT2D eigenvalue weighted by molar-refractivity contribution is 6.31. The van der Waals surface area contributed by atoms with Gasteiger partial charge >= 0.3 is 0 Å². The van der Waals surface area contributed by atoms with Gasteiger partial charge in [0, 0.05) is 5.02 Å². The first-order valence-electron chi connectivity index (χ1n) is 12.3. The van der Waals surface area contributed by atoms with Crippen LogP contribution in [0.5, 0.6) is 5.75 Å². The average molecular weight is 470 g/mol. The Balaban J connectivity index is 1.85. The highest BCUT2D eigenvalue weighted by Gasteiger charge is 2.16. The van der Waals surface area contributed by atoms with Crippen molar-refractivity contribution in [2.75, 3.05) is 0 Å². The Labute approximate surface area is 204 Å². The monoisotopic (exact) mass is 469 g/mol. The number of unbranched alkanes of at least 4 members (excludes halogenated alkanes) is 2. The summed E-state index contributed by atoms with van der Waals surface area (Å²) >= 11 is 6.14. The summed E-state index contributed by atoms with van der Waals surface area (Å²) in [6.45, 7) is 13.7. The average Bonchev–Trinajstić information content (AvgIpc) is 3.11. The molecule has 0 aliphatic heterocycles. The Bertz CT molecular complexity index is 1070. The van der Waals surface area contributed by atoms with E-state index in [1.807, 2.05) is 18.2 Å². The maximum Gasteiger partial charge on any atom is 0.146 e. The molecule has 0 unspecified atom stereocenters. The summed E-state index contributed by atoms with van der Waals surface area (Å²) in [6, 6.07) is 9.72. The summed E-state index contributed by atoms with van der Waals surface area (Å²) < 4.78 is 0. The number of halogens is 1. The van der Waals surface area contributed by atoms with Gasteiger partial charge in [0.1, 0.15) is 22.5 Å². The standard InChI is InChI=1S/C28H40ClN3O/c1-27(2,3)15-9-7-11-20-17-21(12-8-10-16-28(4,5)6)26(33)25(18-20)32-30-23-14-13-22(29)19-24(23)31-32/h13-14,17-19,33H,7-12,15-16H2,1-6H3. The van der Waals surface area contributed by atoms with Crippen molar-refractivity contribution < 1.29 is 5.11 Å². The number of nitrogens with zero attached hydrogens (tertiary/aromatic N) is 3. The van der Waals surface area contributed by atoms with E-state index in [0.29, 0.717) is 21.5 Å². The van der Waals surface area contributed by atoms with Gasteiger partial charge in [-0.3, -0.25) is 0 Å². The SMILES string of the molecule is CC(C)(C)CCCCc1cc(CCCCC(C)(C)C)c(O)c(-n2nc3ccc(Cl)cc3n2)c1. The number of aryl methyl sites for hydroxylation is 2. The Hall–Kier alpha value is -2.07. The summed E-state index contributed by atoms with van der Waals surface area (Å²) in [5, 5.41) is 21.0. The summed E-state index contributed by atoms with van der Waals surface area (Å²) in [5.41, 5.74) is 5.07. The quantitative estimate of drug-likeness (QED) is 0.320. The number of hydrogen-bond donors (Lipinski definition) is 1.